The summed E-state index contributed by atoms with van der Waals surface area (Å²) in [6.45, 7) is 2.79. The molecule has 23 heavy (non-hydrogen) atoms. The molecule has 7 nitrogen and oxygen atoms in total. The zero-order valence-electron chi connectivity index (χ0n) is 12.6. The summed E-state index contributed by atoms with van der Waals surface area (Å²) < 4.78 is 1.94. The van der Waals surface area contributed by atoms with Crippen LogP contribution in [0.15, 0.2) is 42.7 Å². The molecule has 0 aliphatic rings. The van der Waals surface area contributed by atoms with Crippen LogP contribution in [0, 0.1) is 5.21 Å². The summed E-state index contributed by atoms with van der Waals surface area (Å²) in [6, 6.07) is 8.76. The van der Waals surface area contributed by atoms with E-state index in [2.05, 4.69) is 10.4 Å². The van der Waals surface area contributed by atoms with Gasteiger partial charge in [-0.1, -0.05) is 6.07 Å². The Morgan fingerprint density at radius 1 is 1.17 bits per heavy atom. The molecule has 116 valence electrons. The van der Waals surface area contributed by atoms with Crippen LogP contribution in [0.3, 0.4) is 0 Å². The van der Waals surface area contributed by atoms with E-state index in [4.69, 9.17) is 0 Å². The predicted octanol–water partition coefficient (Wildman–Crippen LogP) is 1.96. The fraction of sp³-hybridized carbons (Fsp3) is 0.125. The normalized spacial score (nSPS) is 10.7. The zero-order chi connectivity index (χ0) is 16.6. The fourth-order valence-corrected chi connectivity index (χ4v) is 2.39. The maximum atomic E-state index is 11.9. The van der Waals surface area contributed by atoms with Crippen LogP contribution in [0.25, 0.3) is 22.0 Å². The second-order valence-corrected chi connectivity index (χ2v) is 5.16. The third-order valence-electron chi connectivity index (χ3n) is 3.42. The smallest absolute Gasteiger partial charge is 0.304 e. The summed E-state index contributed by atoms with van der Waals surface area (Å²) in [5, 5.41) is 19.3. The van der Waals surface area contributed by atoms with Crippen molar-refractivity contribution in [1.29, 1.82) is 0 Å². The van der Waals surface area contributed by atoms with Gasteiger partial charge in [-0.05, 0) is 23.8 Å². The molecule has 0 atom stereocenters. The minimum atomic E-state index is -0.305. The average Bonchev–Trinajstić information content (AvgIpc) is 2.92. The standard InChI is InChI=1S/C16H14N4O3/c1-10(21)18-16-6-4-13(9-19(16)23)12-3-5-15-14(7-12)8-17-20(15)11(2)22/h3-9H,1-2H3,(H,18,21). The van der Waals surface area contributed by atoms with Crippen LogP contribution in [0.2, 0.25) is 0 Å². The monoisotopic (exact) mass is 310 g/mol. The van der Waals surface area contributed by atoms with E-state index >= 15 is 0 Å². The lowest BCUT2D eigenvalue weighted by atomic mass is 10.1. The number of pyridine rings is 1. The first-order valence-corrected chi connectivity index (χ1v) is 6.95. The van der Waals surface area contributed by atoms with Crippen LogP contribution in [-0.4, -0.2) is 21.6 Å². The number of benzene rings is 1. The van der Waals surface area contributed by atoms with Crippen molar-refractivity contribution < 1.29 is 14.3 Å². The Hall–Kier alpha value is -3.22. The summed E-state index contributed by atoms with van der Waals surface area (Å²) in [4.78, 5) is 22.5. The van der Waals surface area contributed by atoms with Gasteiger partial charge in [0, 0.05) is 30.9 Å². The largest absolute Gasteiger partial charge is 0.711 e. The lowest BCUT2D eigenvalue weighted by molar-refractivity contribution is -0.589. The van der Waals surface area contributed by atoms with Crippen molar-refractivity contribution in [2.45, 2.75) is 13.8 Å². The number of anilines is 1. The summed E-state index contributed by atoms with van der Waals surface area (Å²) in [7, 11) is 0. The SMILES string of the molecule is CC(=O)Nc1ccc(-c2ccc3c(cnn3C(C)=O)c2)c[n+]1[O-]. The number of nitrogens with one attached hydrogen (secondary N) is 1. The summed E-state index contributed by atoms with van der Waals surface area (Å²) in [5.74, 6) is -0.294. The molecule has 1 aromatic carbocycles. The summed E-state index contributed by atoms with van der Waals surface area (Å²) in [5.41, 5.74) is 2.23. The van der Waals surface area contributed by atoms with Crippen LogP contribution in [0.1, 0.15) is 18.6 Å². The molecular weight excluding hydrogens is 296 g/mol. The first-order valence-electron chi connectivity index (χ1n) is 6.95. The number of hydrogen-bond donors (Lipinski definition) is 1. The molecule has 0 aliphatic heterocycles. The number of hydrogen-bond acceptors (Lipinski definition) is 4. The van der Waals surface area contributed by atoms with E-state index in [1.807, 2.05) is 12.1 Å². The highest BCUT2D eigenvalue weighted by molar-refractivity contribution is 5.92. The molecule has 2 heterocycles. The molecular formula is C16H14N4O3. The fourth-order valence-electron chi connectivity index (χ4n) is 2.39. The Morgan fingerprint density at radius 3 is 2.57 bits per heavy atom. The number of rotatable bonds is 2. The van der Waals surface area contributed by atoms with E-state index in [9.17, 15) is 14.8 Å². The van der Waals surface area contributed by atoms with Crippen molar-refractivity contribution in [2.24, 2.45) is 0 Å². The Morgan fingerprint density at radius 2 is 1.91 bits per heavy atom. The number of amides is 1. The molecule has 2 aromatic heterocycles. The molecule has 0 aliphatic carbocycles. The van der Waals surface area contributed by atoms with Gasteiger partial charge in [-0.3, -0.25) is 4.79 Å². The minimum absolute atomic E-state index is 0.162. The number of aromatic nitrogens is 3. The zero-order valence-corrected chi connectivity index (χ0v) is 12.6. The Bertz CT molecular complexity index is 930. The van der Waals surface area contributed by atoms with Crippen molar-refractivity contribution in [2.75, 3.05) is 5.32 Å². The van der Waals surface area contributed by atoms with E-state index in [0.717, 1.165) is 10.9 Å². The van der Waals surface area contributed by atoms with E-state index < -0.39 is 0 Å². The van der Waals surface area contributed by atoms with Gasteiger partial charge in [0.1, 0.15) is 6.20 Å². The quantitative estimate of drug-likeness (QED) is 0.578. The number of carbonyl (C=O) groups is 2. The highest BCUT2D eigenvalue weighted by Gasteiger charge is 2.11. The first kappa shape index (κ1) is 14.7. The van der Waals surface area contributed by atoms with Gasteiger partial charge < -0.3 is 5.21 Å². The Kier molecular flexibility index (Phi) is 3.53. The average molecular weight is 310 g/mol. The molecule has 1 N–H and O–H groups in total. The van der Waals surface area contributed by atoms with Crippen molar-refractivity contribution >= 4 is 28.5 Å². The van der Waals surface area contributed by atoms with Crippen molar-refractivity contribution in [1.82, 2.24) is 9.78 Å². The predicted molar refractivity (Wildman–Crippen MR) is 84.7 cm³/mol. The van der Waals surface area contributed by atoms with Crippen LogP contribution in [-0.2, 0) is 4.79 Å². The second kappa shape index (κ2) is 5.53. The lowest BCUT2D eigenvalue weighted by Gasteiger charge is -2.10. The Labute approximate surface area is 131 Å². The molecule has 0 fully saturated rings. The number of nitrogens with zero attached hydrogens (tertiary/aromatic N) is 3. The van der Waals surface area contributed by atoms with Gasteiger partial charge in [0.05, 0.1) is 11.7 Å². The molecule has 1 amide bonds. The topological polar surface area (TPSA) is 90.9 Å². The molecule has 0 bridgehead atoms. The lowest BCUT2D eigenvalue weighted by Crippen LogP contribution is -2.31. The van der Waals surface area contributed by atoms with E-state index in [-0.39, 0.29) is 17.6 Å². The van der Waals surface area contributed by atoms with Crippen molar-refractivity contribution in [3.63, 3.8) is 0 Å². The third kappa shape index (κ3) is 2.76. The molecule has 0 unspecified atom stereocenters. The van der Waals surface area contributed by atoms with E-state index in [1.165, 1.54) is 24.7 Å². The van der Waals surface area contributed by atoms with E-state index in [1.54, 1.807) is 24.4 Å². The maximum Gasteiger partial charge on any atom is 0.304 e. The minimum Gasteiger partial charge on any atom is -0.711 e. The van der Waals surface area contributed by atoms with E-state index in [0.29, 0.717) is 15.8 Å². The van der Waals surface area contributed by atoms with Gasteiger partial charge in [-0.25, -0.2) is 19.5 Å². The van der Waals surface area contributed by atoms with Crippen molar-refractivity contribution in [3.8, 4) is 11.1 Å². The Balaban J connectivity index is 2.01. The van der Waals surface area contributed by atoms with Gasteiger partial charge in [-0.15, -0.1) is 0 Å². The molecule has 0 spiro atoms. The van der Waals surface area contributed by atoms with Gasteiger partial charge >= 0.3 is 5.91 Å². The molecule has 0 saturated carbocycles. The van der Waals surface area contributed by atoms with Crippen molar-refractivity contribution in [3.05, 3.63) is 47.9 Å². The number of carbonyl (C=O) groups excluding carboxylic acids is 2. The maximum absolute atomic E-state index is 11.9. The van der Waals surface area contributed by atoms with Gasteiger partial charge in [-0.2, -0.15) is 5.10 Å². The second-order valence-electron chi connectivity index (χ2n) is 5.16. The number of fused-ring (bicyclic) bond motifs is 1. The highest BCUT2D eigenvalue weighted by Crippen LogP contribution is 2.24. The summed E-state index contributed by atoms with van der Waals surface area (Å²) >= 11 is 0. The van der Waals surface area contributed by atoms with Gasteiger partial charge in [0.25, 0.3) is 5.82 Å². The van der Waals surface area contributed by atoms with Crippen LogP contribution in [0.5, 0.6) is 0 Å². The highest BCUT2D eigenvalue weighted by atomic mass is 16.5. The van der Waals surface area contributed by atoms with Crippen LogP contribution in [0.4, 0.5) is 5.82 Å². The summed E-state index contributed by atoms with van der Waals surface area (Å²) in [6.07, 6.45) is 3.00. The molecule has 3 rings (SSSR count). The third-order valence-corrected chi connectivity index (χ3v) is 3.42. The molecule has 3 aromatic rings. The molecule has 0 radical (unpaired) electrons. The first-order chi connectivity index (χ1) is 11.0. The van der Waals surface area contributed by atoms with Crippen LogP contribution >= 0.6 is 0 Å². The molecule has 0 saturated heterocycles. The van der Waals surface area contributed by atoms with Gasteiger partial charge in [0.2, 0.25) is 5.91 Å². The van der Waals surface area contributed by atoms with Crippen LogP contribution < -0.4 is 10.0 Å². The molecule has 7 heteroatoms. The van der Waals surface area contributed by atoms with Gasteiger partial charge in [0.15, 0.2) is 0 Å².